The van der Waals surface area contributed by atoms with Crippen molar-refractivity contribution < 1.29 is 0 Å². The van der Waals surface area contributed by atoms with Crippen molar-refractivity contribution in [3.8, 4) is 16.8 Å². The molecule has 8 aromatic carbocycles. The molecule has 0 aliphatic rings. The van der Waals surface area contributed by atoms with Gasteiger partial charge in [0, 0.05) is 55.9 Å². The summed E-state index contributed by atoms with van der Waals surface area (Å²) in [5.41, 5.74) is 10.4. The number of aromatic nitrogens is 2. The number of fused-ring (bicyclic) bond motifs is 1. The molecule has 2 heterocycles. The lowest BCUT2D eigenvalue weighted by Gasteiger charge is -2.25. The topological polar surface area (TPSA) is 21.1 Å². The fraction of sp³-hybridized carbons (Fsp3) is 0. The molecular formula is C43H27N3. The molecule has 0 aliphatic carbocycles. The fourth-order valence-electron chi connectivity index (χ4n) is 7.54. The third-order valence-electron chi connectivity index (χ3n) is 9.51. The first-order valence-corrected chi connectivity index (χ1v) is 15.7. The average Bonchev–Trinajstić information content (AvgIpc) is 3.47. The number of anilines is 3. The highest BCUT2D eigenvalue weighted by Crippen LogP contribution is 2.46. The lowest BCUT2D eigenvalue weighted by Crippen LogP contribution is -2.09. The first kappa shape index (κ1) is 25.2. The molecule has 0 unspecified atom stereocenters. The highest BCUT2D eigenvalue weighted by Gasteiger charge is 2.22. The van der Waals surface area contributed by atoms with E-state index in [4.69, 9.17) is 4.98 Å². The number of para-hydroxylation sites is 2. The first-order chi connectivity index (χ1) is 22.8. The molecule has 0 saturated heterocycles. The van der Waals surface area contributed by atoms with E-state index in [0.717, 1.165) is 28.3 Å². The van der Waals surface area contributed by atoms with Crippen molar-refractivity contribution >= 4 is 71.3 Å². The van der Waals surface area contributed by atoms with Crippen LogP contribution in [0.25, 0.3) is 71.1 Å². The predicted octanol–water partition coefficient (Wildman–Crippen LogP) is 11.7. The van der Waals surface area contributed by atoms with E-state index in [1.165, 1.54) is 59.9 Å². The zero-order chi connectivity index (χ0) is 30.2. The standard InChI is InChI=1S/C43H27N3/c1-3-10-32(11-4-1)45(33-12-5-2-6-13-33)34-22-19-28(20-23-34)31-9-7-14-35(27-31)46-37-16-8-15-36-41(37)42-38(46)24-21-29-17-18-30-25-26-44-43(36)40(30)39(29)42/h1-27H. The molecule has 0 aliphatic heterocycles. The number of pyridine rings is 1. The smallest absolute Gasteiger partial charge is 0.0793 e. The summed E-state index contributed by atoms with van der Waals surface area (Å²) >= 11 is 0. The van der Waals surface area contributed by atoms with Gasteiger partial charge in [0.1, 0.15) is 0 Å². The molecule has 214 valence electrons. The van der Waals surface area contributed by atoms with Crippen LogP contribution in [0.2, 0.25) is 0 Å². The van der Waals surface area contributed by atoms with Gasteiger partial charge >= 0.3 is 0 Å². The number of nitrogens with zero attached hydrogens (tertiary/aromatic N) is 3. The fourth-order valence-corrected chi connectivity index (χ4v) is 7.54. The summed E-state index contributed by atoms with van der Waals surface area (Å²) in [5, 5.41) is 8.90. The Balaban J connectivity index is 1.13. The van der Waals surface area contributed by atoms with Gasteiger partial charge in [-0.3, -0.25) is 4.98 Å². The summed E-state index contributed by atoms with van der Waals surface area (Å²) in [6.45, 7) is 0. The van der Waals surface area contributed by atoms with Crippen molar-refractivity contribution in [3.63, 3.8) is 0 Å². The summed E-state index contributed by atoms with van der Waals surface area (Å²) in [6, 6.07) is 56.7. The van der Waals surface area contributed by atoms with Crippen LogP contribution in [0.4, 0.5) is 17.1 Å². The molecule has 0 N–H and O–H groups in total. The molecule has 2 aromatic heterocycles. The van der Waals surface area contributed by atoms with E-state index >= 15 is 0 Å². The van der Waals surface area contributed by atoms with Gasteiger partial charge in [0.05, 0.1) is 16.6 Å². The van der Waals surface area contributed by atoms with Crippen molar-refractivity contribution in [3.05, 3.63) is 164 Å². The lowest BCUT2D eigenvalue weighted by molar-refractivity contribution is 1.18. The second kappa shape index (κ2) is 9.65. The predicted molar refractivity (Wildman–Crippen MR) is 194 cm³/mol. The first-order valence-electron chi connectivity index (χ1n) is 15.7. The Labute approximate surface area is 265 Å². The quantitative estimate of drug-likeness (QED) is 0.148. The Morgan fingerprint density at radius 2 is 1.09 bits per heavy atom. The molecular weight excluding hydrogens is 558 g/mol. The molecule has 10 rings (SSSR count). The van der Waals surface area contributed by atoms with Gasteiger partial charge in [-0.2, -0.15) is 0 Å². The molecule has 0 atom stereocenters. The van der Waals surface area contributed by atoms with Crippen LogP contribution >= 0.6 is 0 Å². The van der Waals surface area contributed by atoms with E-state index in [1.807, 2.05) is 6.20 Å². The van der Waals surface area contributed by atoms with Gasteiger partial charge in [0.25, 0.3) is 0 Å². The lowest BCUT2D eigenvalue weighted by atomic mass is 9.92. The van der Waals surface area contributed by atoms with Crippen LogP contribution in [0.3, 0.4) is 0 Å². The molecule has 0 spiro atoms. The minimum atomic E-state index is 1.08. The van der Waals surface area contributed by atoms with Crippen LogP contribution in [0.15, 0.2) is 164 Å². The average molecular weight is 586 g/mol. The van der Waals surface area contributed by atoms with Gasteiger partial charge < -0.3 is 9.47 Å². The van der Waals surface area contributed by atoms with E-state index in [9.17, 15) is 0 Å². The highest BCUT2D eigenvalue weighted by molar-refractivity contribution is 6.39. The van der Waals surface area contributed by atoms with E-state index in [2.05, 4.69) is 167 Å². The molecule has 0 saturated carbocycles. The normalized spacial score (nSPS) is 11.9. The zero-order valence-electron chi connectivity index (χ0n) is 24.9. The van der Waals surface area contributed by atoms with Crippen LogP contribution in [0, 0.1) is 0 Å². The Kier molecular flexibility index (Phi) is 5.28. The van der Waals surface area contributed by atoms with E-state index in [1.54, 1.807) is 0 Å². The van der Waals surface area contributed by atoms with Gasteiger partial charge in [-0.1, -0.05) is 91.0 Å². The largest absolute Gasteiger partial charge is 0.311 e. The van der Waals surface area contributed by atoms with Gasteiger partial charge in [-0.25, -0.2) is 0 Å². The SMILES string of the molecule is c1ccc(N(c2ccccc2)c2ccc(-c3cccc(-n4c5cccc6c7nccc8ccc9ccc4c(c9c87)c65)c3)cc2)cc1. The van der Waals surface area contributed by atoms with Crippen molar-refractivity contribution in [2.75, 3.05) is 4.90 Å². The molecule has 3 heteroatoms. The third kappa shape index (κ3) is 3.57. The molecule has 0 fully saturated rings. The van der Waals surface area contributed by atoms with Gasteiger partial charge in [0.15, 0.2) is 0 Å². The van der Waals surface area contributed by atoms with Crippen molar-refractivity contribution in [2.45, 2.75) is 0 Å². The Morgan fingerprint density at radius 3 is 1.85 bits per heavy atom. The summed E-state index contributed by atoms with van der Waals surface area (Å²) < 4.78 is 2.43. The van der Waals surface area contributed by atoms with Gasteiger partial charge in [0.2, 0.25) is 0 Å². The minimum Gasteiger partial charge on any atom is -0.311 e. The summed E-state index contributed by atoms with van der Waals surface area (Å²) in [4.78, 5) is 7.21. The van der Waals surface area contributed by atoms with Crippen LogP contribution in [-0.2, 0) is 0 Å². The number of benzene rings is 8. The van der Waals surface area contributed by atoms with Crippen molar-refractivity contribution in [1.29, 1.82) is 0 Å². The second-order valence-corrected chi connectivity index (χ2v) is 12.0. The molecule has 0 bridgehead atoms. The highest BCUT2D eigenvalue weighted by atomic mass is 15.1. The monoisotopic (exact) mass is 585 g/mol. The number of hydrogen-bond acceptors (Lipinski definition) is 2. The van der Waals surface area contributed by atoms with Crippen LogP contribution in [0.1, 0.15) is 0 Å². The van der Waals surface area contributed by atoms with Crippen LogP contribution in [0.5, 0.6) is 0 Å². The van der Waals surface area contributed by atoms with Crippen molar-refractivity contribution in [2.24, 2.45) is 0 Å². The second-order valence-electron chi connectivity index (χ2n) is 12.0. The molecule has 46 heavy (non-hydrogen) atoms. The number of rotatable bonds is 5. The van der Waals surface area contributed by atoms with E-state index in [-0.39, 0.29) is 0 Å². The summed E-state index contributed by atoms with van der Waals surface area (Å²) in [7, 11) is 0. The molecule has 0 amide bonds. The van der Waals surface area contributed by atoms with Crippen LogP contribution in [-0.4, -0.2) is 9.55 Å². The van der Waals surface area contributed by atoms with E-state index in [0.29, 0.717) is 0 Å². The Hall–Kier alpha value is -6.19. The van der Waals surface area contributed by atoms with Gasteiger partial charge in [-0.05, 0) is 88.6 Å². The molecule has 10 aromatic rings. The van der Waals surface area contributed by atoms with Crippen molar-refractivity contribution in [1.82, 2.24) is 9.55 Å². The summed E-state index contributed by atoms with van der Waals surface area (Å²) in [5.74, 6) is 0. The Bertz CT molecular complexity index is 2630. The maximum atomic E-state index is 4.91. The maximum Gasteiger partial charge on any atom is 0.0793 e. The number of hydrogen-bond donors (Lipinski definition) is 0. The third-order valence-corrected chi connectivity index (χ3v) is 9.51. The Morgan fingerprint density at radius 1 is 0.435 bits per heavy atom. The summed E-state index contributed by atoms with van der Waals surface area (Å²) in [6.07, 6.45) is 1.94. The molecule has 3 nitrogen and oxygen atoms in total. The molecule has 0 radical (unpaired) electrons. The van der Waals surface area contributed by atoms with Crippen LogP contribution < -0.4 is 4.90 Å². The minimum absolute atomic E-state index is 1.08. The maximum absolute atomic E-state index is 4.91. The van der Waals surface area contributed by atoms with E-state index < -0.39 is 0 Å². The zero-order valence-corrected chi connectivity index (χ0v) is 24.9. The van der Waals surface area contributed by atoms with Gasteiger partial charge in [-0.15, -0.1) is 0 Å².